The molecule has 0 bridgehead atoms. The monoisotopic (exact) mass is 427 g/mol. The van der Waals surface area contributed by atoms with Crippen molar-refractivity contribution in [3.63, 3.8) is 0 Å². The molecule has 0 radical (unpaired) electrons. The molecule has 1 aliphatic heterocycles. The number of ether oxygens (including phenoxy) is 1. The van der Waals surface area contributed by atoms with Crippen LogP contribution in [0.2, 0.25) is 0 Å². The minimum atomic E-state index is -0.299. The Kier molecular flexibility index (Phi) is 8.27. The Balaban J connectivity index is 1.56. The van der Waals surface area contributed by atoms with E-state index in [9.17, 15) is 9.18 Å². The second-order valence-electron chi connectivity index (χ2n) is 8.36. The number of hydrogen-bond acceptors (Lipinski definition) is 5. The Hall–Kier alpha value is -2.63. The lowest BCUT2D eigenvalue weighted by molar-refractivity contribution is -0.119. The van der Waals surface area contributed by atoms with Gasteiger partial charge in [-0.1, -0.05) is 32.9 Å². The molecule has 1 aliphatic rings. The van der Waals surface area contributed by atoms with Crippen LogP contribution in [0.5, 0.6) is 5.75 Å². The summed E-state index contributed by atoms with van der Waals surface area (Å²) in [4.78, 5) is 18.0. The summed E-state index contributed by atoms with van der Waals surface area (Å²) in [6, 6.07) is 9.75. The largest absolute Gasteiger partial charge is 0.489 e. The number of nitrogens with zero attached hydrogens (tertiary/aromatic N) is 2. The van der Waals surface area contributed by atoms with Gasteiger partial charge in [0.05, 0.1) is 12.2 Å². The van der Waals surface area contributed by atoms with E-state index in [1.807, 2.05) is 43.0 Å². The molecule has 0 spiro atoms. The Morgan fingerprint density at radius 1 is 1.26 bits per heavy atom. The fourth-order valence-electron chi connectivity index (χ4n) is 4.00. The molecule has 1 aromatic heterocycles. The van der Waals surface area contributed by atoms with E-state index in [1.54, 1.807) is 12.3 Å². The van der Waals surface area contributed by atoms with Crippen molar-refractivity contribution < 1.29 is 13.9 Å². The van der Waals surface area contributed by atoms with Crippen molar-refractivity contribution in [3.05, 3.63) is 47.9 Å². The quantitative estimate of drug-likeness (QED) is 0.509. The molecule has 1 fully saturated rings. The second-order valence-corrected chi connectivity index (χ2v) is 8.36. The summed E-state index contributed by atoms with van der Waals surface area (Å²) in [6.07, 6.45) is 5.54. The van der Waals surface area contributed by atoms with Crippen LogP contribution in [0, 0.1) is 5.82 Å². The molecule has 1 saturated heterocycles. The van der Waals surface area contributed by atoms with E-state index < -0.39 is 0 Å². The first-order valence-corrected chi connectivity index (χ1v) is 11.4. The fourth-order valence-corrected chi connectivity index (χ4v) is 4.00. The van der Waals surface area contributed by atoms with Gasteiger partial charge in [-0.25, -0.2) is 9.37 Å². The number of hydrogen-bond donors (Lipinski definition) is 1. The molecule has 1 aromatic carbocycles. The molecule has 2 heterocycles. The average Bonchev–Trinajstić information content (AvgIpc) is 3.22. The topological polar surface area (TPSA) is 54.5 Å². The highest BCUT2D eigenvalue weighted by atomic mass is 19.1. The molecule has 2 aromatic rings. The van der Waals surface area contributed by atoms with E-state index in [0.29, 0.717) is 43.2 Å². The first-order valence-electron chi connectivity index (χ1n) is 11.4. The maximum Gasteiger partial charge on any atom is 0.188 e. The van der Waals surface area contributed by atoms with Crippen LogP contribution in [0.4, 0.5) is 15.9 Å². The van der Waals surface area contributed by atoms with Gasteiger partial charge < -0.3 is 15.0 Å². The summed E-state index contributed by atoms with van der Waals surface area (Å²) in [7, 11) is 0. The molecule has 6 heteroatoms. The number of aromatic nitrogens is 1. The average molecular weight is 428 g/mol. The number of rotatable bonds is 11. The summed E-state index contributed by atoms with van der Waals surface area (Å²) in [5.41, 5.74) is 1.72. The van der Waals surface area contributed by atoms with Crippen molar-refractivity contribution in [1.82, 2.24) is 4.98 Å². The predicted molar refractivity (Wildman–Crippen MR) is 124 cm³/mol. The van der Waals surface area contributed by atoms with Gasteiger partial charge in [0.15, 0.2) is 11.6 Å². The van der Waals surface area contributed by atoms with Gasteiger partial charge in [-0.15, -0.1) is 0 Å². The van der Waals surface area contributed by atoms with Gasteiger partial charge in [-0.05, 0) is 42.5 Å². The lowest BCUT2D eigenvalue weighted by Gasteiger charge is -2.21. The lowest BCUT2D eigenvalue weighted by Crippen LogP contribution is -2.25. The number of halogens is 1. The maximum atomic E-state index is 14.8. The van der Waals surface area contributed by atoms with Crippen LogP contribution >= 0.6 is 0 Å². The molecular weight excluding hydrogens is 393 g/mol. The third-order valence-electron chi connectivity index (χ3n) is 5.71. The highest BCUT2D eigenvalue weighted by molar-refractivity contribution is 5.79. The molecule has 5 nitrogen and oxygen atoms in total. The van der Waals surface area contributed by atoms with Crippen LogP contribution in [-0.2, 0) is 4.79 Å². The molecule has 3 rings (SSSR count). The van der Waals surface area contributed by atoms with E-state index >= 15 is 0 Å². The van der Waals surface area contributed by atoms with Gasteiger partial charge in [0.1, 0.15) is 17.6 Å². The maximum absolute atomic E-state index is 14.8. The standard InChI is InChI=1S/C25H34FN3O2/c1-4-6-20(30)16-18(3)19-7-9-21(10-8-19)31-22-12-15-29(17-22)23-11-14-28-25(24(23)26)27-13-5-2/h7-11,14,18,22H,4-6,12-13,15-17H2,1-3H3,(H,27,28)/t18-,22?/m1/s1. The summed E-state index contributed by atoms with van der Waals surface area (Å²) in [5, 5.41) is 3.05. The number of carbonyl (C=O) groups excluding carboxylic acids is 1. The molecule has 0 saturated carbocycles. The van der Waals surface area contributed by atoms with Crippen molar-refractivity contribution in [2.75, 3.05) is 29.9 Å². The lowest BCUT2D eigenvalue weighted by atomic mass is 9.94. The van der Waals surface area contributed by atoms with Crippen LogP contribution in [0.15, 0.2) is 36.5 Å². The molecule has 168 valence electrons. The Morgan fingerprint density at radius 3 is 2.74 bits per heavy atom. The molecule has 1 N–H and O–H groups in total. The van der Waals surface area contributed by atoms with E-state index in [-0.39, 0.29) is 17.8 Å². The van der Waals surface area contributed by atoms with Crippen LogP contribution < -0.4 is 15.0 Å². The number of nitrogens with one attached hydrogen (secondary N) is 1. The van der Waals surface area contributed by atoms with Gasteiger partial charge in [0.25, 0.3) is 0 Å². The minimum absolute atomic E-state index is 0.00835. The van der Waals surface area contributed by atoms with Gasteiger partial charge in [0.2, 0.25) is 0 Å². The fraction of sp³-hybridized carbons (Fsp3) is 0.520. The Morgan fingerprint density at radius 2 is 2.03 bits per heavy atom. The van der Waals surface area contributed by atoms with Crippen molar-refractivity contribution in [2.45, 2.75) is 64.9 Å². The van der Waals surface area contributed by atoms with Crippen LogP contribution in [0.1, 0.15) is 64.4 Å². The molecule has 1 unspecified atom stereocenters. The summed E-state index contributed by atoms with van der Waals surface area (Å²) in [5.74, 6) is 1.35. The van der Waals surface area contributed by atoms with Crippen LogP contribution in [0.3, 0.4) is 0 Å². The molecule has 0 aliphatic carbocycles. The highest BCUT2D eigenvalue weighted by Crippen LogP contribution is 2.29. The normalized spacial score (nSPS) is 16.9. The van der Waals surface area contributed by atoms with Gasteiger partial charge in [-0.3, -0.25) is 4.79 Å². The SMILES string of the molecule is CCCNc1nccc(N2CCC(Oc3ccc([C@H](C)CC(=O)CCC)cc3)C2)c1F. The van der Waals surface area contributed by atoms with Crippen LogP contribution in [-0.4, -0.2) is 36.5 Å². The van der Waals surface area contributed by atoms with E-state index in [1.165, 1.54) is 0 Å². The summed E-state index contributed by atoms with van der Waals surface area (Å²) < 4.78 is 21.0. The Bertz CT molecular complexity index is 856. The molecule has 0 amide bonds. The summed E-state index contributed by atoms with van der Waals surface area (Å²) in [6.45, 7) is 8.23. The molecular formula is C25H34FN3O2. The smallest absolute Gasteiger partial charge is 0.188 e. The third kappa shape index (κ3) is 6.18. The third-order valence-corrected chi connectivity index (χ3v) is 5.71. The number of benzene rings is 1. The van der Waals surface area contributed by atoms with Crippen LogP contribution in [0.25, 0.3) is 0 Å². The second kappa shape index (κ2) is 11.1. The van der Waals surface area contributed by atoms with Crippen molar-refractivity contribution >= 4 is 17.3 Å². The Labute approximate surface area is 185 Å². The minimum Gasteiger partial charge on any atom is -0.489 e. The van der Waals surface area contributed by atoms with Gasteiger partial charge >= 0.3 is 0 Å². The number of anilines is 2. The molecule has 31 heavy (non-hydrogen) atoms. The van der Waals surface area contributed by atoms with Crippen molar-refractivity contribution in [2.24, 2.45) is 0 Å². The zero-order valence-electron chi connectivity index (χ0n) is 18.9. The van der Waals surface area contributed by atoms with E-state index in [0.717, 1.165) is 37.1 Å². The number of carbonyl (C=O) groups is 1. The van der Waals surface area contributed by atoms with E-state index in [4.69, 9.17) is 4.74 Å². The molecule has 2 atom stereocenters. The predicted octanol–water partition coefficient (Wildman–Crippen LogP) is 5.56. The first kappa shape index (κ1) is 23.0. The number of pyridine rings is 1. The summed E-state index contributed by atoms with van der Waals surface area (Å²) >= 11 is 0. The number of Topliss-reactive ketones (excluding diaryl/α,β-unsaturated/α-hetero) is 1. The van der Waals surface area contributed by atoms with Crippen molar-refractivity contribution in [3.8, 4) is 5.75 Å². The number of ketones is 1. The van der Waals surface area contributed by atoms with Crippen molar-refractivity contribution in [1.29, 1.82) is 0 Å². The zero-order valence-corrected chi connectivity index (χ0v) is 18.9. The zero-order chi connectivity index (χ0) is 22.2. The van der Waals surface area contributed by atoms with E-state index in [2.05, 4.69) is 17.2 Å². The van der Waals surface area contributed by atoms with Gasteiger partial charge in [-0.2, -0.15) is 0 Å². The van der Waals surface area contributed by atoms with Gasteiger partial charge in [0, 0.05) is 38.5 Å². The highest BCUT2D eigenvalue weighted by Gasteiger charge is 2.27. The first-order chi connectivity index (χ1) is 15.0.